The van der Waals surface area contributed by atoms with E-state index in [1.165, 1.54) is 0 Å². The van der Waals surface area contributed by atoms with Crippen LogP contribution in [0.2, 0.25) is 5.02 Å². The second-order valence-electron chi connectivity index (χ2n) is 7.15. The van der Waals surface area contributed by atoms with Crippen molar-refractivity contribution in [2.75, 3.05) is 6.61 Å². The molecule has 0 fully saturated rings. The summed E-state index contributed by atoms with van der Waals surface area (Å²) in [5.74, 6) is -0.496. The van der Waals surface area contributed by atoms with Crippen LogP contribution in [0.25, 0.3) is 0 Å². The first-order valence-electron chi connectivity index (χ1n) is 8.65. The van der Waals surface area contributed by atoms with Gasteiger partial charge in [-0.2, -0.15) is 0 Å². The van der Waals surface area contributed by atoms with Gasteiger partial charge >= 0.3 is 0 Å². The van der Waals surface area contributed by atoms with E-state index in [0.29, 0.717) is 16.3 Å². The van der Waals surface area contributed by atoms with Gasteiger partial charge in [-0.3, -0.25) is 25.8 Å². The van der Waals surface area contributed by atoms with Crippen LogP contribution in [0.15, 0.2) is 46.9 Å². The van der Waals surface area contributed by atoms with Crippen molar-refractivity contribution in [2.45, 2.75) is 26.2 Å². The van der Waals surface area contributed by atoms with Crippen LogP contribution in [0.4, 0.5) is 0 Å². The number of hydrogen-bond donors (Lipinski definition) is 3. The molecule has 2 amide bonds. The molecule has 0 saturated heterocycles. The molecule has 3 N–H and O–H groups in total. The van der Waals surface area contributed by atoms with Gasteiger partial charge in [-0.15, -0.1) is 0 Å². The molecular formula is C20H21BrClN3O3S. The topological polar surface area (TPSA) is 79.5 Å². The molecule has 0 saturated carbocycles. The summed E-state index contributed by atoms with van der Waals surface area (Å²) in [5.41, 5.74) is 6.38. The fourth-order valence-electron chi connectivity index (χ4n) is 2.23. The summed E-state index contributed by atoms with van der Waals surface area (Å²) in [7, 11) is 0. The highest BCUT2D eigenvalue weighted by molar-refractivity contribution is 9.10. The Balaban J connectivity index is 1.78. The number of benzene rings is 2. The van der Waals surface area contributed by atoms with Gasteiger partial charge < -0.3 is 4.74 Å². The first-order valence-corrected chi connectivity index (χ1v) is 10.2. The predicted molar refractivity (Wildman–Crippen MR) is 121 cm³/mol. The molecule has 0 radical (unpaired) electrons. The lowest BCUT2D eigenvalue weighted by Crippen LogP contribution is -2.49. The molecule has 0 bridgehead atoms. The van der Waals surface area contributed by atoms with Crippen LogP contribution in [0.3, 0.4) is 0 Å². The summed E-state index contributed by atoms with van der Waals surface area (Å²) in [5, 5.41) is 2.84. The Bertz CT molecular complexity index is 914. The maximum Gasteiger partial charge on any atom is 0.276 e. The minimum atomic E-state index is -0.491. The van der Waals surface area contributed by atoms with Gasteiger partial charge in [0.05, 0.1) is 5.02 Å². The van der Waals surface area contributed by atoms with E-state index < -0.39 is 5.91 Å². The number of hydrogen-bond acceptors (Lipinski definition) is 4. The van der Waals surface area contributed by atoms with Gasteiger partial charge in [-0.05, 0) is 53.5 Å². The van der Waals surface area contributed by atoms with E-state index in [-0.39, 0.29) is 23.0 Å². The van der Waals surface area contributed by atoms with Crippen molar-refractivity contribution >= 4 is 56.7 Å². The first-order chi connectivity index (χ1) is 13.6. The monoisotopic (exact) mass is 497 g/mol. The van der Waals surface area contributed by atoms with Crippen molar-refractivity contribution in [3.8, 4) is 5.75 Å². The molecule has 0 aliphatic carbocycles. The van der Waals surface area contributed by atoms with Crippen LogP contribution in [-0.2, 0) is 10.2 Å². The lowest BCUT2D eigenvalue weighted by molar-refractivity contribution is -0.123. The Morgan fingerprint density at radius 3 is 2.34 bits per heavy atom. The van der Waals surface area contributed by atoms with Crippen LogP contribution < -0.4 is 20.9 Å². The number of rotatable bonds is 4. The van der Waals surface area contributed by atoms with E-state index in [4.69, 9.17) is 28.6 Å². The zero-order valence-corrected chi connectivity index (χ0v) is 19.3. The Kier molecular flexibility index (Phi) is 8.01. The Morgan fingerprint density at radius 1 is 1.10 bits per heavy atom. The molecule has 0 unspecified atom stereocenters. The number of hydrazine groups is 1. The molecule has 0 atom stereocenters. The van der Waals surface area contributed by atoms with Crippen molar-refractivity contribution in [1.82, 2.24) is 16.2 Å². The average Bonchev–Trinajstić information content (AvgIpc) is 2.65. The molecule has 0 spiro atoms. The van der Waals surface area contributed by atoms with E-state index in [0.717, 1.165) is 10.0 Å². The summed E-state index contributed by atoms with van der Waals surface area (Å²) in [6.07, 6.45) is 0. The first kappa shape index (κ1) is 23.1. The molecule has 9 heteroatoms. The average molecular weight is 499 g/mol. The number of ether oxygens (including phenoxy) is 1. The minimum absolute atomic E-state index is 0.00130. The number of nitrogens with one attached hydrogen (secondary N) is 3. The number of thiocarbonyl (C=S) groups is 1. The Morgan fingerprint density at radius 2 is 1.76 bits per heavy atom. The van der Waals surface area contributed by atoms with Crippen molar-refractivity contribution in [2.24, 2.45) is 0 Å². The zero-order chi connectivity index (χ0) is 21.6. The van der Waals surface area contributed by atoms with Gasteiger partial charge in [0, 0.05) is 10.0 Å². The third-order valence-electron chi connectivity index (χ3n) is 3.81. The summed E-state index contributed by atoms with van der Waals surface area (Å²) >= 11 is 14.3. The number of carbonyl (C=O) groups is 2. The standard InChI is InChI=1S/C20H21BrClN3O3S/c1-20(2,3)13-6-4-12(5-7-13)18(27)23-19(29)25-24-17(26)11-28-16-9-8-14(21)10-15(16)22/h4-10H,11H2,1-3H3,(H,24,26)(H2,23,25,27,29). The summed E-state index contributed by atoms with van der Waals surface area (Å²) in [6, 6.07) is 12.3. The normalized spacial score (nSPS) is 10.8. The minimum Gasteiger partial charge on any atom is -0.482 e. The summed E-state index contributed by atoms with van der Waals surface area (Å²) in [6.45, 7) is 6.01. The van der Waals surface area contributed by atoms with Gasteiger partial charge in [-0.1, -0.05) is 60.4 Å². The van der Waals surface area contributed by atoms with E-state index >= 15 is 0 Å². The smallest absolute Gasteiger partial charge is 0.276 e. The van der Waals surface area contributed by atoms with E-state index in [1.807, 2.05) is 12.1 Å². The molecule has 2 rings (SSSR count). The van der Waals surface area contributed by atoms with Crippen LogP contribution in [0, 0.1) is 0 Å². The second-order valence-corrected chi connectivity index (χ2v) is 8.88. The number of amides is 2. The third-order valence-corrected chi connectivity index (χ3v) is 4.80. The second kappa shape index (κ2) is 10.0. The van der Waals surface area contributed by atoms with Gasteiger partial charge in [0.1, 0.15) is 5.75 Å². The predicted octanol–water partition coefficient (Wildman–Crippen LogP) is 4.11. The molecule has 0 aliphatic heterocycles. The van der Waals surface area contributed by atoms with Crippen LogP contribution in [0.5, 0.6) is 5.75 Å². The van der Waals surface area contributed by atoms with Crippen molar-refractivity contribution in [3.63, 3.8) is 0 Å². The summed E-state index contributed by atoms with van der Waals surface area (Å²) < 4.78 is 6.14. The van der Waals surface area contributed by atoms with Crippen molar-refractivity contribution in [3.05, 3.63) is 63.1 Å². The Hall–Kier alpha value is -2.16. The van der Waals surface area contributed by atoms with E-state index in [2.05, 4.69) is 52.9 Å². The molecule has 0 aromatic heterocycles. The van der Waals surface area contributed by atoms with Gasteiger partial charge in [0.25, 0.3) is 11.8 Å². The lowest BCUT2D eigenvalue weighted by atomic mass is 9.87. The zero-order valence-electron chi connectivity index (χ0n) is 16.1. The number of carbonyl (C=O) groups excluding carboxylic acids is 2. The molecule has 6 nitrogen and oxygen atoms in total. The van der Waals surface area contributed by atoms with Crippen molar-refractivity contribution < 1.29 is 14.3 Å². The largest absolute Gasteiger partial charge is 0.482 e. The fraction of sp³-hybridized carbons (Fsp3) is 0.250. The highest BCUT2D eigenvalue weighted by atomic mass is 79.9. The van der Waals surface area contributed by atoms with Crippen molar-refractivity contribution in [1.29, 1.82) is 0 Å². The molecule has 2 aromatic rings. The van der Waals surface area contributed by atoms with Gasteiger partial charge in [0.2, 0.25) is 0 Å². The van der Waals surface area contributed by atoms with Crippen LogP contribution in [-0.4, -0.2) is 23.5 Å². The summed E-state index contributed by atoms with van der Waals surface area (Å²) in [4.78, 5) is 24.1. The molecule has 154 valence electrons. The van der Waals surface area contributed by atoms with Gasteiger partial charge in [0.15, 0.2) is 11.7 Å². The Labute approximate surface area is 188 Å². The van der Waals surface area contributed by atoms with Crippen LogP contribution in [0.1, 0.15) is 36.7 Å². The SMILES string of the molecule is CC(C)(C)c1ccc(C(=O)NC(=S)NNC(=O)COc2ccc(Br)cc2Cl)cc1. The van der Waals surface area contributed by atoms with Crippen LogP contribution >= 0.6 is 39.7 Å². The quantitative estimate of drug-likeness (QED) is 0.437. The molecular weight excluding hydrogens is 478 g/mol. The maximum atomic E-state index is 12.2. The maximum absolute atomic E-state index is 12.2. The van der Waals surface area contributed by atoms with E-state index in [1.54, 1.807) is 30.3 Å². The molecule has 0 aliphatic rings. The lowest BCUT2D eigenvalue weighted by Gasteiger charge is -2.19. The highest BCUT2D eigenvalue weighted by Crippen LogP contribution is 2.27. The molecule has 0 heterocycles. The van der Waals surface area contributed by atoms with E-state index in [9.17, 15) is 9.59 Å². The highest BCUT2D eigenvalue weighted by Gasteiger charge is 2.15. The molecule has 2 aromatic carbocycles. The number of halogens is 2. The van der Waals surface area contributed by atoms with Gasteiger partial charge in [-0.25, -0.2) is 0 Å². The molecule has 29 heavy (non-hydrogen) atoms. The third kappa shape index (κ3) is 7.30. The fourth-order valence-corrected chi connectivity index (χ4v) is 3.10.